The molecule has 0 aliphatic carbocycles. The van der Waals surface area contributed by atoms with Crippen molar-refractivity contribution in [2.24, 2.45) is 0 Å². The fourth-order valence-corrected chi connectivity index (χ4v) is 3.75. The zero-order valence-electron chi connectivity index (χ0n) is 21.1. The van der Waals surface area contributed by atoms with Crippen molar-refractivity contribution in [1.29, 1.82) is 0 Å². The predicted molar refractivity (Wildman–Crippen MR) is 134 cm³/mol. The summed E-state index contributed by atoms with van der Waals surface area (Å²) in [5, 5.41) is 0. The quantitative estimate of drug-likeness (QED) is 0.230. The van der Waals surface area contributed by atoms with E-state index in [2.05, 4.69) is 13.8 Å². The molecule has 0 heterocycles. The maximum atomic E-state index is 5.96. The van der Waals surface area contributed by atoms with Crippen molar-refractivity contribution in [1.82, 2.24) is 0 Å². The highest BCUT2D eigenvalue weighted by Crippen LogP contribution is 2.41. The third-order valence-corrected chi connectivity index (χ3v) is 5.59. The second-order valence-corrected chi connectivity index (χ2v) is 7.98. The first-order valence-electron chi connectivity index (χ1n) is 11.9. The van der Waals surface area contributed by atoms with Crippen LogP contribution in [0, 0.1) is 0 Å². The number of rotatable bonds is 16. The van der Waals surface area contributed by atoms with Gasteiger partial charge in [0.15, 0.2) is 34.5 Å². The number of benzene rings is 2. The molecule has 0 spiro atoms. The number of unbranched alkanes of at least 4 members (excludes halogenated alkanes) is 4. The summed E-state index contributed by atoms with van der Waals surface area (Å²) in [4.78, 5) is 0. The highest BCUT2D eigenvalue weighted by Gasteiger charge is 2.19. The SMILES string of the molecule is CCCCCc1cc(OC)c(OBOc2c(OC)cc(CCCCC)cc2OC)c(OC)c1. The summed E-state index contributed by atoms with van der Waals surface area (Å²) < 4.78 is 34.2. The minimum absolute atomic E-state index is 0.0518. The first kappa shape index (κ1) is 26.6. The molecular formula is C26H39BO6. The van der Waals surface area contributed by atoms with Crippen LogP contribution in [0.4, 0.5) is 0 Å². The Balaban J connectivity index is 2.16. The van der Waals surface area contributed by atoms with Crippen molar-refractivity contribution in [3.05, 3.63) is 35.4 Å². The summed E-state index contributed by atoms with van der Waals surface area (Å²) in [7, 11) is 6.45. The summed E-state index contributed by atoms with van der Waals surface area (Å²) in [5.41, 5.74) is 2.32. The van der Waals surface area contributed by atoms with E-state index in [1.54, 1.807) is 28.4 Å². The molecule has 182 valence electrons. The molecule has 33 heavy (non-hydrogen) atoms. The van der Waals surface area contributed by atoms with Crippen molar-refractivity contribution in [3.63, 3.8) is 0 Å². The van der Waals surface area contributed by atoms with Crippen LogP contribution in [0.1, 0.15) is 63.5 Å². The van der Waals surface area contributed by atoms with E-state index < -0.39 is 0 Å². The van der Waals surface area contributed by atoms with Gasteiger partial charge in [0, 0.05) is 0 Å². The van der Waals surface area contributed by atoms with Gasteiger partial charge in [-0.2, -0.15) is 0 Å². The topological polar surface area (TPSA) is 55.4 Å². The zero-order chi connectivity index (χ0) is 24.1. The molecule has 2 rings (SSSR count). The molecule has 0 radical (unpaired) electrons. The molecular weight excluding hydrogens is 419 g/mol. The standard InChI is InChI=1S/C26H39BO6/c1-7-9-11-13-19-15-21(28-3)25(22(16-19)29-4)32-27-33-26-23(30-5)17-20(14-12-10-8-2)18-24(26)31-6/h15-18,27H,7-14H2,1-6H3. The Morgan fingerprint density at radius 3 is 1.15 bits per heavy atom. The van der Waals surface area contributed by atoms with Crippen LogP contribution in [-0.2, 0) is 12.8 Å². The molecule has 0 saturated carbocycles. The van der Waals surface area contributed by atoms with E-state index in [9.17, 15) is 0 Å². The summed E-state index contributed by atoms with van der Waals surface area (Å²) in [6, 6.07) is 8.00. The summed E-state index contributed by atoms with van der Waals surface area (Å²) in [6.07, 6.45) is 8.93. The molecule has 0 bridgehead atoms. The molecule has 0 aliphatic rings. The van der Waals surface area contributed by atoms with Gasteiger partial charge in [-0.3, -0.25) is 0 Å². The molecule has 0 N–H and O–H groups in total. The Labute approximate surface area is 199 Å². The van der Waals surface area contributed by atoms with Gasteiger partial charge in [0.1, 0.15) is 0 Å². The lowest BCUT2D eigenvalue weighted by Crippen LogP contribution is -2.14. The van der Waals surface area contributed by atoms with Crippen LogP contribution < -0.4 is 28.3 Å². The van der Waals surface area contributed by atoms with Crippen LogP contribution in [-0.4, -0.2) is 36.1 Å². The summed E-state index contributed by atoms with van der Waals surface area (Å²) >= 11 is 0. The molecule has 0 saturated heterocycles. The van der Waals surface area contributed by atoms with Crippen molar-refractivity contribution in [2.75, 3.05) is 28.4 Å². The first-order chi connectivity index (χ1) is 16.1. The molecule has 6 nitrogen and oxygen atoms in total. The van der Waals surface area contributed by atoms with Gasteiger partial charge in [-0.25, -0.2) is 0 Å². The van der Waals surface area contributed by atoms with E-state index in [0.717, 1.165) is 36.8 Å². The van der Waals surface area contributed by atoms with E-state index in [0.29, 0.717) is 34.5 Å². The maximum absolute atomic E-state index is 5.96. The number of aryl methyl sites for hydroxylation is 2. The lowest BCUT2D eigenvalue weighted by molar-refractivity contribution is 0.336. The Bertz CT molecular complexity index is 735. The van der Waals surface area contributed by atoms with Crippen LogP contribution in [0.25, 0.3) is 0 Å². The van der Waals surface area contributed by atoms with Crippen LogP contribution in [0.5, 0.6) is 34.5 Å². The Morgan fingerprint density at radius 1 is 0.545 bits per heavy atom. The number of methoxy groups -OCH3 is 4. The predicted octanol–water partition coefficient (Wildman–Crippen LogP) is 5.91. The molecule has 0 fully saturated rings. The summed E-state index contributed by atoms with van der Waals surface area (Å²) in [6.45, 7) is 4.39. The molecule has 0 aromatic heterocycles. The van der Waals surface area contributed by atoms with E-state index in [4.69, 9.17) is 28.3 Å². The molecule has 0 atom stereocenters. The molecule has 2 aromatic rings. The largest absolute Gasteiger partial charge is 0.576 e. The Kier molecular flexibility index (Phi) is 11.6. The van der Waals surface area contributed by atoms with Crippen molar-refractivity contribution in [2.45, 2.75) is 65.2 Å². The van der Waals surface area contributed by atoms with Crippen molar-refractivity contribution in [3.8, 4) is 34.5 Å². The molecule has 2 aromatic carbocycles. The smallest absolute Gasteiger partial charge is 0.523 e. The first-order valence-corrected chi connectivity index (χ1v) is 11.9. The minimum Gasteiger partial charge on any atom is -0.523 e. The highest BCUT2D eigenvalue weighted by atomic mass is 16.6. The summed E-state index contributed by atoms with van der Waals surface area (Å²) in [5.74, 6) is 3.50. The van der Waals surface area contributed by atoms with Gasteiger partial charge < -0.3 is 28.3 Å². The number of ether oxygens (including phenoxy) is 4. The Hall–Kier alpha value is -2.70. The van der Waals surface area contributed by atoms with Gasteiger partial charge in [0.25, 0.3) is 0 Å². The minimum atomic E-state index is -0.0518. The van der Waals surface area contributed by atoms with Crippen molar-refractivity contribution < 1.29 is 28.3 Å². The zero-order valence-corrected chi connectivity index (χ0v) is 21.1. The average Bonchev–Trinajstić information content (AvgIpc) is 2.84. The fraction of sp³-hybridized carbons (Fsp3) is 0.538. The van der Waals surface area contributed by atoms with Gasteiger partial charge in [-0.15, -0.1) is 0 Å². The third kappa shape index (κ3) is 7.69. The molecule has 7 heteroatoms. The van der Waals surface area contributed by atoms with E-state index in [1.165, 1.54) is 25.7 Å². The van der Waals surface area contributed by atoms with Gasteiger partial charge in [0.05, 0.1) is 28.4 Å². The average molecular weight is 458 g/mol. The van der Waals surface area contributed by atoms with Crippen molar-refractivity contribution >= 4 is 7.69 Å². The molecule has 0 aliphatic heterocycles. The maximum Gasteiger partial charge on any atom is 0.576 e. The van der Waals surface area contributed by atoms with Gasteiger partial charge in [-0.1, -0.05) is 39.5 Å². The van der Waals surface area contributed by atoms with Crippen LogP contribution in [0.15, 0.2) is 24.3 Å². The Morgan fingerprint density at radius 2 is 0.879 bits per heavy atom. The highest BCUT2D eigenvalue weighted by molar-refractivity contribution is 6.21. The second-order valence-electron chi connectivity index (χ2n) is 7.98. The van der Waals surface area contributed by atoms with E-state index in [-0.39, 0.29) is 7.69 Å². The molecule has 0 unspecified atom stereocenters. The second kappa shape index (κ2) is 14.5. The third-order valence-electron chi connectivity index (χ3n) is 5.59. The molecule has 0 amide bonds. The van der Waals surface area contributed by atoms with Crippen LogP contribution in [0.3, 0.4) is 0 Å². The van der Waals surface area contributed by atoms with E-state index in [1.807, 2.05) is 24.3 Å². The van der Waals surface area contributed by atoms with Crippen LogP contribution >= 0.6 is 0 Å². The normalized spacial score (nSPS) is 10.5. The van der Waals surface area contributed by atoms with Gasteiger partial charge >= 0.3 is 7.69 Å². The fourth-order valence-electron chi connectivity index (χ4n) is 3.75. The van der Waals surface area contributed by atoms with Gasteiger partial charge in [-0.05, 0) is 61.1 Å². The van der Waals surface area contributed by atoms with Crippen LogP contribution in [0.2, 0.25) is 0 Å². The van der Waals surface area contributed by atoms with E-state index >= 15 is 0 Å². The lowest BCUT2D eigenvalue weighted by atomic mass is 10.1. The van der Waals surface area contributed by atoms with Gasteiger partial charge in [0.2, 0.25) is 0 Å². The number of hydrogen-bond donors (Lipinski definition) is 0. The monoisotopic (exact) mass is 458 g/mol. The number of hydrogen-bond acceptors (Lipinski definition) is 6. The lowest BCUT2D eigenvalue weighted by Gasteiger charge is -2.18.